The largest absolute Gasteiger partial charge is 0.484 e. The molecule has 4 rings (SSSR count). The van der Waals surface area contributed by atoms with Gasteiger partial charge in [0, 0.05) is 12.6 Å². The van der Waals surface area contributed by atoms with E-state index in [2.05, 4.69) is 10.6 Å². The Balaban J connectivity index is 1.59. The lowest BCUT2D eigenvalue weighted by Gasteiger charge is -2.36. The van der Waals surface area contributed by atoms with E-state index in [4.69, 9.17) is 9.47 Å². The first-order valence-corrected chi connectivity index (χ1v) is 13.7. The van der Waals surface area contributed by atoms with Crippen molar-refractivity contribution in [3.63, 3.8) is 0 Å². The maximum atomic E-state index is 13.5. The second kappa shape index (κ2) is 11.3. The molecule has 9 nitrogen and oxygen atoms in total. The van der Waals surface area contributed by atoms with E-state index in [-0.39, 0.29) is 53.9 Å². The van der Waals surface area contributed by atoms with Crippen LogP contribution in [-0.4, -0.2) is 51.9 Å². The average molecular weight is 574 g/mol. The molecule has 0 bridgehead atoms. The number of hydrogen-bond acceptors (Lipinski definition) is 6. The molecule has 2 amide bonds. The van der Waals surface area contributed by atoms with Gasteiger partial charge in [-0.05, 0) is 61.7 Å². The van der Waals surface area contributed by atoms with Crippen molar-refractivity contribution >= 4 is 33.4 Å². The summed E-state index contributed by atoms with van der Waals surface area (Å²) in [4.78, 5) is 23.7. The summed E-state index contributed by atoms with van der Waals surface area (Å²) in [6, 6.07) is 8.25. The van der Waals surface area contributed by atoms with Crippen molar-refractivity contribution in [1.82, 2.24) is 5.32 Å². The highest BCUT2D eigenvalue weighted by Crippen LogP contribution is 2.41. The zero-order valence-corrected chi connectivity index (χ0v) is 21.6. The predicted molar refractivity (Wildman–Crippen MR) is 132 cm³/mol. The van der Waals surface area contributed by atoms with Crippen LogP contribution < -0.4 is 19.7 Å². The number of nitrogens with one attached hydrogen (secondary N) is 2. The maximum Gasteiger partial charge on any atom is 0.411 e. The van der Waals surface area contributed by atoms with Gasteiger partial charge in [0.15, 0.2) is 0 Å². The first kappa shape index (κ1) is 28.5. The second-order valence-corrected chi connectivity index (χ2v) is 11.2. The molecule has 0 radical (unpaired) electrons. The number of nitrogens with zero attached hydrogens (tertiary/aromatic N) is 1. The molecule has 39 heavy (non-hydrogen) atoms. The summed E-state index contributed by atoms with van der Waals surface area (Å²) in [5, 5.41) is 4.94. The number of amides is 2. The summed E-state index contributed by atoms with van der Waals surface area (Å²) >= 11 is 0. The molecular formula is C25H27F4N3O6S. The smallest absolute Gasteiger partial charge is 0.411 e. The highest BCUT2D eigenvalue weighted by molar-refractivity contribution is 7.92. The normalized spacial score (nSPS) is 21.4. The standard InChI is InChI=1S/C25H27F4N3O6S/c1-15(33)30-13-18-14-32(39(35,36)19-9-6-16(26)7-10-19)21-12-17(8-11-23(21)37-18)31-24(34)38-22-5-3-2-4-20(22)25(27,28)29/h6-12,18,20,22H,2-5,13-14H2,1H3,(H,30,33)(H,31,34)/t18-,20?,22+/m0/s1. The summed E-state index contributed by atoms with van der Waals surface area (Å²) in [5.74, 6) is -2.62. The van der Waals surface area contributed by atoms with Crippen LogP contribution in [0.4, 0.5) is 33.7 Å². The van der Waals surface area contributed by atoms with Gasteiger partial charge in [0.25, 0.3) is 10.0 Å². The minimum absolute atomic E-state index is 0.00169. The van der Waals surface area contributed by atoms with E-state index < -0.39 is 46.2 Å². The van der Waals surface area contributed by atoms with Gasteiger partial charge < -0.3 is 14.8 Å². The Kier molecular flexibility index (Phi) is 8.23. The van der Waals surface area contributed by atoms with Crippen molar-refractivity contribution in [2.24, 2.45) is 5.92 Å². The van der Waals surface area contributed by atoms with E-state index in [1.54, 1.807) is 0 Å². The monoisotopic (exact) mass is 573 g/mol. The third-order valence-corrected chi connectivity index (χ3v) is 8.29. The van der Waals surface area contributed by atoms with Crippen LogP contribution in [-0.2, 0) is 19.6 Å². The van der Waals surface area contributed by atoms with Crippen LogP contribution in [0.5, 0.6) is 5.75 Å². The van der Waals surface area contributed by atoms with Crippen molar-refractivity contribution in [3.05, 3.63) is 48.3 Å². The predicted octanol–water partition coefficient (Wildman–Crippen LogP) is 4.59. The summed E-state index contributed by atoms with van der Waals surface area (Å²) in [7, 11) is -4.25. The van der Waals surface area contributed by atoms with Crippen LogP contribution in [0.25, 0.3) is 0 Å². The number of sulfonamides is 1. The van der Waals surface area contributed by atoms with Gasteiger partial charge in [0.2, 0.25) is 5.91 Å². The Hall–Kier alpha value is -3.55. The van der Waals surface area contributed by atoms with Gasteiger partial charge in [0.05, 0.1) is 29.6 Å². The van der Waals surface area contributed by atoms with Crippen molar-refractivity contribution in [2.75, 3.05) is 22.7 Å². The van der Waals surface area contributed by atoms with Gasteiger partial charge in [-0.2, -0.15) is 13.2 Å². The zero-order valence-electron chi connectivity index (χ0n) is 20.8. The number of anilines is 2. The number of alkyl halides is 3. The van der Waals surface area contributed by atoms with Gasteiger partial charge in [-0.25, -0.2) is 17.6 Å². The Labute approximate surface area is 222 Å². The molecule has 2 N–H and O–H groups in total. The van der Waals surface area contributed by atoms with E-state index in [1.165, 1.54) is 25.1 Å². The number of halogens is 4. The molecular weight excluding hydrogens is 546 g/mol. The molecule has 1 saturated carbocycles. The van der Waals surface area contributed by atoms with Gasteiger partial charge >= 0.3 is 12.3 Å². The first-order chi connectivity index (χ1) is 18.3. The maximum absolute atomic E-state index is 13.5. The SMILES string of the molecule is CC(=O)NC[C@H]1CN(S(=O)(=O)c2ccc(F)cc2)c2cc(NC(=O)O[C@@H]3CCCCC3C(F)(F)F)ccc2O1. The number of carbonyl (C=O) groups is 2. The average Bonchev–Trinajstić information content (AvgIpc) is 2.87. The van der Waals surface area contributed by atoms with Crippen molar-refractivity contribution in [3.8, 4) is 5.75 Å². The van der Waals surface area contributed by atoms with Gasteiger partial charge in [-0.3, -0.25) is 14.4 Å². The van der Waals surface area contributed by atoms with Crippen LogP contribution in [0.3, 0.4) is 0 Å². The molecule has 1 aliphatic carbocycles. The lowest BCUT2D eigenvalue weighted by atomic mass is 9.86. The van der Waals surface area contributed by atoms with Crippen LogP contribution in [0.1, 0.15) is 32.6 Å². The molecule has 0 spiro atoms. The minimum atomic E-state index is -4.50. The molecule has 1 aliphatic heterocycles. The highest BCUT2D eigenvalue weighted by atomic mass is 32.2. The van der Waals surface area contributed by atoms with Crippen LogP contribution in [0.2, 0.25) is 0 Å². The lowest BCUT2D eigenvalue weighted by Crippen LogP contribution is -2.48. The van der Waals surface area contributed by atoms with Crippen LogP contribution in [0, 0.1) is 11.7 Å². The molecule has 2 aromatic carbocycles. The third kappa shape index (κ3) is 6.72. The van der Waals surface area contributed by atoms with E-state index >= 15 is 0 Å². The summed E-state index contributed by atoms with van der Waals surface area (Å²) < 4.78 is 92.6. The first-order valence-electron chi connectivity index (χ1n) is 12.2. The number of rotatable bonds is 6. The molecule has 0 aromatic heterocycles. The molecule has 2 aliphatic rings. The number of fused-ring (bicyclic) bond motifs is 1. The molecule has 2 aromatic rings. The van der Waals surface area contributed by atoms with Crippen LogP contribution >= 0.6 is 0 Å². The number of benzene rings is 2. The highest BCUT2D eigenvalue weighted by Gasteiger charge is 2.47. The van der Waals surface area contributed by atoms with E-state index in [1.807, 2.05) is 0 Å². The van der Waals surface area contributed by atoms with Gasteiger partial charge in [0.1, 0.15) is 23.8 Å². The lowest BCUT2D eigenvalue weighted by molar-refractivity contribution is -0.206. The Bertz CT molecular complexity index is 1320. The molecule has 3 atom stereocenters. The van der Waals surface area contributed by atoms with E-state index in [0.29, 0.717) is 12.8 Å². The fourth-order valence-electron chi connectivity index (χ4n) is 4.61. The molecule has 14 heteroatoms. The number of ether oxygens (including phenoxy) is 2. The fourth-order valence-corrected chi connectivity index (χ4v) is 6.11. The van der Waals surface area contributed by atoms with Crippen molar-refractivity contribution in [1.29, 1.82) is 0 Å². The summed E-state index contributed by atoms with van der Waals surface area (Å²) in [5.41, 5.74) is 0.0865. The topological polar surface area (TPSA) is 114 Å². The van der Waals surface area contributed by atoms with E-state index in [0.717, 1.165) is 28.6 Å². The Morgan fingerprint density at radius 2 is 1.79 bits per heavy atom. The Morgan fingerprint density at radius 1 is 1.10 bits per heavy atom. The fraction of sp³-hybridized carbons (Fsp3) is 0.440. The van der Waals surface area contributed by atoms with Crippen molar-refractivity contribution in [2.45, 2.75) is 55.9 Å². The van der Waals surface area contributed by atoms with Crippen molar-refractivity contribution < 1.29 is 45.0 Å². The molecule has 1 fully saturated rings. The van der Waals surface area contributed by atoms with Gasteiger partial charge in [-0.15, -0.1) is 0 Å². The quantitative estimate of drug-likeness (QED) is 0.489. The summed E-state index contributed by atoms with van der Waals surface area (Å²) in [6.45, 7) is 1.07. The molecule has 212 valence electrons. The number of hydrogen-bond donors (Lipinski definition) is 2. The zero-order chi connectivity index (χ0) is 28.4. The molecule has 1 unspecified atom stereocenters. The van der Waals surface area contributed by atoms with Gasteiger partial charge in [-0.1, -0.05) is 6.42 Å². The van der Waals surface area contributed by atoms with Crippen LogP contribution in [0.15, 0.2) is 47.4 Å². The molecule has 0 saturated heterocycles. The summed E-state index contributed by atoms with van der Waals surface area (Å²) in [6.07, 6.45) is -6.88. The minimum Gasteiger partial charge on any atom is -0.484 e. The second-order valence-electron chi connectivity index (χ2n) is 9.35. The number of carbonyl (C=O) groups excluding carboxylic acids is 2. The van der Waals surface area contributed by atoms with E-state index in [9.17, 15) is 35.6 Å². The third-order valence-electron chi connectivity index (χ3n) is 6.50. The molecule has 1 heterocycles. The Morgan fingerprint density at radius 3 is 2.46 bits per heavy atom.